The van der Waals surface area contributed by atoms with Gasteiger partial charge in [-0.05, 0) is 24.6 Å². The maximum Gasteiger partial charge on any atom is 0.119 e. The minimum atomic E-state index is 0. The molecule has 0 bridgehead atoms. The van der Waals surface area contributed by atoms with Crippen LogP contribution >= 0.6 is 0 Å². The highest BCUT2D eigenvalue weighted by Gasteiger charge is 1.91. The van der Waals surface area contributed by atoms with E-state index in [2.05, 4.69) is 0 Å². The molecule has 1 aromatic carbocycles. The SMILES string of the molecule is Cc1cc(O)cc(O)c1.[H-]. The second-order valence-corrected chi connectivity index (χ2v) is 2.03. The first-order valence-electron chi connectivity index (χ1n) is 2.68. The van der Waals surface area contributed by atoms with Crippen LogP contribution in [0.5, 0.6) is 11.5 Å². The summed E-state index contributed by atoms with van der Waals surface area (Å²) < 4.78 is 0. The summed E-state index contributed by atoms with van der Waals surface area (Å²) in [5.41, 5.74) is 0.854. The van der Waals surface area contributed by atoms with Crippen LogP contribution in [0.15, 0.2) is 18.2 Å². The Balaban J connectivity index is 0.000000810. The maximum atomic E-state index is 8.83. The molecule has 2 N–H and O–H groups in total. The molecule has 0 radical (unpaired) electrons. The molecule has 0 spiro atoms. The Labute approximate surface area is 54.9 Å². The molecular weight excluding hydrogens is 116 g/mol. The van der Waals surface area contributed by atoms with Crippen LogP contribution in [-0.4, -0.2) is 10.2 Å². The van der Waals surface area contributed by atoms with Gasteiger partial charge in [0.2, 0.25) is 0 Å². The number of aromatic hydroxyl groups is 2. The number of phenols is 2. The molecule has 0 saturated heterocycles. The van der Waals surface area contributed by atoms with Crippen molar-refractivity contribution in [3.8, 4) is 11.5 Å². The molecule has 2 heteroatoms. The number of hydrogen-bond donors (Lipinski definition) is 2. The first-order chi connectivity index (χ1) is 4.18. The fourth-order valence-corrected chi connectivity index (χ4v) is 0.743. The average molecular weight is 125 g/mol. The second-order valence-electron chi connectivity index (χ2n) is 2.03. The number of rotatable bonds is 0. The lowest BCUT2D eigenvalue weighted by Gasteiger charge is -1.94. The van der Waals surface area contributed by atoms with Crippen molar-refractivity contribution in [2.24, 2.45) is 0 Å². The van der Waals surface area contributed by atoms with Crippen molar-refractivity contribution < 1.29 is 11.6 Å². The Morgan fingerprint density at radius 3 is 1.89 bits per heavy atom. The first-order valence-corrected chi connectivity index (χ1v) is 2.68. The molecule has 2 nitrogen and oxygen atoms in total. The number of benzene rings is 1. The Bertz CT molecular complexity index is 172. The van der Waals surface area contributed by atoms with Gasteiger partial charge in [-0.2, -0.15) is 0 Å². The summed E-state index contributed by atoms with van der Waals surface area (Å²) in [4.78, 5) is 0. The lowest BCUT2D eigenvalue weighted by atomic mass is 10.2. The topological polar surface area (TPSA) is 40.5 Å². The lowest BCUT2D eigenvalue weighted by Crippen LogP contribution is -1.70. The fraction of sp³-hybridized carbons (Fsp3) is 0.143. The third-order valence-electron chi connectivity index (χ3n) is 1.05. The average Bonchev–Trinajstić information content (AvgIpc) is 1.59. The second kappa shape index (κ2) is 1.97. The zero-order chi connectivity index (χ0) is 6.85. The standard InChI is InChI=1S/C7H8O2.H/c1-5-2-6(8)4-7(9)3-5;/h2-4,8-9H,1H3;/q;-1. The van der Waals surface area contributed by atoms with Crippen molar-refractivity contribution in [2.45, 2.75) is 6.92 Å². The van der Waals surface area contributed by atoms with Gasteiger partial charge in [0.25, 0.3) is 0 Å². The molecule has 0 heterocycles. The Morgan fingerprint density at radius 2 is 1.56 bits per heavy atom. The number of phenolic OH excluding ortho intramolecular Hbond substituents is 2. The smallest absolute Gasteiger partial charge is 0.119 e. The molecule has 0 aromatic heterocycles. The minimum absolute atomic E-state index is 0. The van der Waals surface area contributed by atoms with Crippen LogP contribution in [0.4, 0.5) is 0 Å². The van der Waals surface area contributed by atoms with Crippen molar-refractivity contribution in [1.29, 1.82) is 0 Å². The molecule has 0 fully saturated rings. The monoisotopic (exact) mass is 125 g/mol. The molecule has 1 rings (SSSR count). The zero-order valence-corrected chi connectivity index (χ0v) is 5.13. The Hall–Kier alpha value is -1.18. The van der Waals surface area contributed by atoms with Crippen molar-refractivity contribution in [3.05, 3.63) is 23.8 Å². The summed E-state index contributed by atoms with van der Waals surface area (Å²) in [6.45, 7) is 1.80. The summed E-state index contributed by atoms with van der Waals surface area (Å²) >= 11 is 0. The van der Waals surface area contributed by atoms with Gasteiger partial charge in [0.15, 0.2) is 0 Å². The van der Waals surface area contributed by atoms with Gasteiger partial charge in [0, 0.05) is 6.07 Å². The third-order valence-corrected chi connectivity index (χ3v) is 1.05. The van der Waals surface area contributed by atoms with E-state index >= 15 is 0 Å². The zero-order valence-electron chi connectivity index (χ0n) is 6.13. The maximum absolute atomic E-state index is 8.83. The molecule has 0 aliphatic heterocycles. The molecular formula is C7H9O2-. The molecule has 1 aromatic rings. The van der Waals surface area contributed by atoms with Crippen LogP contribution in [0.2, 0.25) is 0 Å². The van der Waals surface area contributed by atoms with Crippen LogP contribution in [0.25, 0.3) is 0 Å². The largest absolute Gasteiger partial charge is 1.00 e. The van der Waals surface area contributed by atoms with E-state index < -0.39 is 0 Å². The van der Waals surface area contributed by atoms with E-state index in [4.69, 9.17) is 10.2 Å². The molecule has 0 aliphatic rings. The minimum Gasteiger partial charge on any atom is -1.00 e. The van der Waals surface area contributed by atoms with Crippen molar-refractivity contribution >= 4 is 0 Å². The van der Waals surface area contributed by atoms with Gasteiger partial charge in [-0.25, -0.2) is 0 Å². The van der Waals surface area contributed by atoms with E-state index in [9.17, 15) is 0 Å². The number of hydrogen-bond acceptors (Lipinski definition) is 2. The highest BCUT2D eigenvalue weighted by Crippen LogP contribution is 2.18. The van der Waals surface area contributed by atoms with Crippen molar-refractivity contribution in [1.82, 2.24) is 0 Å². The van der Waals surface area contributed by atoms with Crippen LogP contribution in [0.3, 0.4) is 0 Å². The number of aryl methyl sites for hydroxylation is 1. The van der Waals surface area contributed by atoms with Gasteiger partial charge < -0.3 is 11.6 Å². The molecule has 0 atom stereocenters. The molecule has 0 saturated carbocycles. The van der Waals surface area contributed by atoms with Gasteiger partial charge in [-0.1, -0.05) is 0 Å². The summed E-state index contributed by atoms with van der Waals surface area (Å²) in [5, 5.41) is 17.7. The predicted octanol–water partition coefficient (Wildman–Crippen LogP) is 1.52. The van der Waals surface area contributed by atoms with Crippen LogP contribution in [0, 0.1) is 6.92 Å². The van der Waals surface area contributed by atoms with Crippen LogP contribution < -0.4 is 0 Å². The van der Waals surface area contributed by atoms with Crippen molar-refractivity contribution in [3.63, 3.8) is 0 Å². The lowest BCUT2D eigenvalue weighted by molar-refractivity contribution is 0.450. The Morgan fingerprint density at radius 1 is 1.11 bits per heavy atom. The summed E-state index contributed by atoms with van der Waals surface area (Å²) in [5.74, 6) is 0.208. The van der Waals surface area contributed by atoms with Crippen molar-refractivity contribution in [2.75, 3.05) is 0 Å². The summed E-state index contributed by atoms with van der Waals surface area (Å²) in [7, 11) is 0. The molecule has 9 heavy (non-hydrogen) atoms. The van der Waals surface area contributed by atoms with Gasteiger partial charge >= 0.3 is 0 Å². The molecule has 0 unspecified atom stereocenters. The van der Waals surface area contributed by atoms with Gasteiger partial charge in [-0.15, -0.1) is 0 Å². The summed E-state index contributed by atoms with van der Waals surface area (Å²) in [6.07, 6.45) is 0. The van der Waals surface area contributed by atoms with E-state index in [0.717, 1.165) is 5.56 Å². The summed E-state index contributed by atoms with van der Waals surface area (Å²) in [6, 6.07) is 4.46. The predicted molar refractivity (Wildman–Crippen MR) is 35.6 cm³/mol. The van der Waals surface area contributed by atoms with Crippen LogP contribution in [-0.2, 0) is 0 Å². The van der Waals surface area contributed by atoms with Gasteiger partial charge in [0.1, 0.15) is 11.5 Å². The molecule has 0 amide bonds. The van der Waals surface area contributed by atoms with E-state index in [1.54, 1.807) is 19.1 Å². The normalized spacial score (nSPS) is 9.44. The third kappa shape index (κ3) is 1.35. The van der Waals surface area contributed by atoms with E-state index in [-0.39, 0.29) is 12.9 Å². The molecule has 50 valence electrons. The van der Waals surface area contributed by atoms with Gasteiger partial charge in [-0.3, -0.25) is 0 Å². The van der Waals surface area contributed by atoms with E-state index in [1.165, 1.54) is 6.07 Å². The first kappa shape index (κ1) is 5.95. The van der Waals surface area contributed by atoms with Gasteiger partial charge in [0.05, 0.1) is 0 Å². The van der Waals surface area contributed by atoms with E-state index in [0.29, 0.717) is 0 Å². The fourth-order valence-electron chi connectivity index (χ4n) is 0.743. The highest BCUT2D eigenvalue weighted by molar-refractivity contribution is 5.35. The van der Waals surface area contributed by atoms with Crippen LogP contribution in [0.1, 0.15) is 6.99 Å². The Kier molecular flexibility index (Phi) is 1.30. The molecule has 0 aliphatic carbocycles. The quantitative estimate of drug-likeness (QED) is 0.551. The van der Waals surface area contributed by atoms with E-state index in [1.807, 2.05) is 0 Å². The highest BCUT2D eigenvalue weighted by atomic mass is 16.3.